The van der Waals surface area contributed by atoms with E-state index in [-0.39, 0.29) is 23.8 Å². The summed E-state index contributed by atoms with van der Waals surface area (Å²) < 4.78 is 25.7. The van der Waals surface area contributed by atoms with Crippen LogP contribution < -0.4 is 5.73 Å². The summed E-state index contributed by atoms with van der Waals surface area (Å²) in [5, 5.41) is 0. The lowest BCUT2D eigenvalue weighted by atomic mass is 9.95. The Labute approximate surface area is 87.1 Å². The lowest BCUT2D eigenvalue weighted by molar-refractivity contribution is 0.0920. The first-order valence-electron chi connectivity index (χ1n) is 4.78. The van der Waals surface area contributed by atoms with Crippen LogP contribution in [0.2, 0.25) is 0 Å². The monoisotopic (exact) mass is 213 g/mol. The van der Waals surface area contributed by atoms with E-state index in [9.17, 15) is 13.6 Å². The zero-order valence-electron chi connectivity index (χ0n) is 8.47. The van der Waals surface area contributed by atoms with Gasteiger partial charge in [0.2, 0.25) is 0 Å². The average Bonchev–Trinajstić information content (AvgIpc) is 2.18. The zero-order valence-corrected chi connectivity index (χ0v) is 8.47. The lowest BCUT2D eigenvalue weighted by Gasteiger charge is -2.10. The van der Waals surface area contributed by atoms with Gasteiger partial charge in [-0.15, -0.1) is 0 Å². The van der Waals surface area contributed by atoms with Crippen LogP contribution in [0, 0.1) is 17.6 Å². The molecule has 1 atom stereocenters. The third kappa shape index (κ3) is 2.83. The molecule has 0 radical (unpaired) electrons. The number of nitrogens with two attached hydrogens (primary N) is 1. The second-order valence-electron chi connectivity index (χ2n) is 3.36. The second kappa shape index (κ2) is 4.98. The van der Waals surface area contributed by atoms with Gasteiger partial charge in [-0.25, -0.2) is 8.78 Å². The van der Waals surface area contributed by atoms with Crippen LogP contribution in [0.3, 0.4) is 0 Å². The first-order chi connectivity index (χ1) is 7.08. The molecule has 4 heteroatoms. The standard InChI is InChI=1S/C11H13F2NO/c1-2-7(6-14)11(15)8-3-9(12)5-10(13)4-8/h3-5,7H,2,6,14H2,1H3. The van der Waals surface area contributed by atoms with E-state index >= 15 is 0 Å². The quantitative estimate of drug-likeness (QED) is 0.778. The molecule has 0 amide bonds. The molecule has 15 heavy (non-hydrogen) atoms. The van der Waals surface area contributed by atoms with Crippen LogP contribution in [-0.2, 0) is 0 Å². The van der Waals surface area contributed by atoms with E-state index in [1.165, 1.54) is 0 Å². The third-order valence-corrected chi connectivity index (χ3v) is 2.30. The van der Waals surface area contributed by atoms with Crippen LogP contribution in [-0.4, -0.2) is 12.3 Å². The van der Waals surface area contributed by atoms with E-state index in [0.717, 1.165) is 18.2 Å². The van der Waals surface area contributed by atoms with Gasteiger partial charge in [-0.2, -0.15) is 0 Å². The largest absolute Gasteiger partial charge is 0.330 e. The molecule has 0 aromatic heterocycles. The van der Waals surface area contributed by atoms with Crippen LogP contribution in [0.4, 0.5) is 8.78 Å². The van der Waals surface area contributed by atoms with Gasteiger partial charge in [0, 0.05) is 24.1 Å². The molecule has 1 unspecified atom stereocenters. The predicted octanol–water partition coefficient (Wildman–Crippen LogP) is 2.13. The van der Waals surface area contributed by atoms with Crippen molar-refractivity contribution in [3.8, 4) is 0 Å². The number of carbonyl (C=O) groups excluding carboxylic acids is 1. The molecule has 0 bridgehead atoms. The highest BCUT2D eigenvalue weighted by atomic mass is 19.1. The number of halogens is 2. The van der Waals surface area contributed by atoms with Crippen LogP contribution in [0.5, 0.6) is 0 Å². The van der Waals surface area contributed by atoms with Gasteiger partial charge in [0.05, 0.1) is 0 Å². The molecule has 0 spiro atoms. The van der Waals surface area contributed by atoms with Crippen molar-refractivity contribution < 1.29 is 13.6 Å². The van der Waals surface area contributed by atoms with E-state index in [2.05, 4.69) is 0 Å². The zero-order chi connectivity index (χ0) is 11.4. The Morgan fingerprint density at radius 2 is 1.87 bits per heavy atom. The molecule has 0 saturated carbocycles. The molecule has 82 valence electrons. The molecular weight excluding hydrogens is 200 g/mol. The number of hydrogen-bond acceptors (Lipinski definition) is 2. The fourth-order valence-corrected chi connectivity index (χ4v) is 1.39. The minimum Gasteiger partial charge on any atom is -0.330 e. The van der Waals surface area contributed by atoms with Crippen LogP contribution >= 0.6 is 0 Å². The highest BCUT2D eigenvalue weighted by Crippen LogP contribution is 2.14. The Kier molecular flexibility index (Phi) is 3.91. The maximum Gasteiger partial charge on any atom is 0.167 e. The van der Waals surface area contributed by atoms with Gasteiger partial charge in [0.1, 0.15) is 11.6 Å². The first-order valence-corrected chi connectivity index (χ1v) is 4.78. The summed E-state index contributed by atoms with van der Waals surface area (Å²) >= 11 is 0. The summed E-state index contributed by atoms with van der Waals surface area (Å²) in [4.78, 5) is 11.7. The van der Waals surface area contributed by atoms with Crippen molar-refractivity contribution in [3.05, 3.63) is 35.4 Å². The van der Waals surface area contributed by atoms with Gasteiger partial charge in [0.15, 0.2) is 5.78 Å². The molecule has 2 N–H and O–H groups in total. The Morgan fingerprint density at radius 1 is 1.33 bits per heavy atom. The van der Waals surface area contributed by atoms with Crippen LogP contribution in [0.1, 0.15) is 23.7 Å². The second-order valence-corrected chi connectivity index (χ2v) is 3.36. The molecule has 0 heterocycles. The maximum absolute atomic E-state index is 12.8. The molecule has 1 aromatic carbocycles. The van der Waals surface area contributed by atoms with Crippen molar-refractivity contribution in [1.82, 2.24) is 0 Å². The van der Waals surface area contributed by atoms with Crippen LogP contribution in [0.25, 0.3) is 0 Å². The Hall–Kier alpha value is -1.29. The number of rotatable bonds is 4. The smallest absolute Gasteiger partial charge is 0.167 e. The fourth-order valence-electron chi connectivity index (χ4n) is 1.39. The van der Waals surface area contributed by atoms with Gasteiger partial charge in [0.25, 0.3) is 0 Å². The van der Waals surface area contributed by atoms with Crippen molar-refractivity contribution in [1.29, 1.82) is 0 Å². The number of hydrogen-bond donors (Lipinski definition) is 1. The molecule has 0 saturated heterocycles. The fraction of sp³-hybridized carbons (Fsp3) is 0.364. The van der Waals surface area contributed by atoms with Crippen molar-refractivity contribution in [2.75, 3.05) is 6.54 Å². The topological polar surface area (TPSA) is 43.1 Å². The molecule has 0 fully saturated rings. The minimum absolute atomic E-state index is 0.0461. The first kappa shape index (κ1) is 11.8. The number of benzene rings is 1. The van der Waals surface area contributed by atoms with E-state index in [1.807, 2.05) is 6.92 Å². The van der Waals surface area contributed by atoms with Crippen molar-refractivity contribution in [2.24, 2.45) is 11.7 Å². The minimum atomic E-state index is -0.745. The molecule has 0 aliphatic carbocycles. The van der Waals surface area contributed by atoms with Gasteiger partial charge >= 0.3 is 0 Å². The Bertz CT molecular complexity index is 341. The normalized spacial score (nSPS) is 12.5. The highest BCUT2D eigenvalue weighted by molar-refractivity contribution is 5.97. The number of carbonyl (C=O) groups is 1. The number of Topliss-reactive ketones (excluding diaryl/α,β-unsaturated/α-hetero) is 1. The molecular formula is C11H13F2NO. The van der Waals surface area contributed by atoms with Gasteiger partial charge in [-0.1, -0.05) is 6.92 Å². The molecule has 0 aliphatic heterocycles. The summed E-state index contributed by atoms with van der Waals surface area (Å²) in [6.45, 7) is 2.00. The Morgan fingerprint density at radius 3 is 2.27 bits per heavy atom. The van der Waals surface area contributed by atoms with Gasteiger partial charge in [-0.3, -0.25) is 4.79 Å². The summed E-state index contributed by atoms with van der Waals surface area (Å²) in [5.41, 5.74) is 5.44. The molecule has 2 nitrogen and oxygen atoms in total. The van der Waals surface area contributed by atoms with E-state index in [4.69, 9.17) is 5.73 Å². The SMILES string of the molecule is CCC(CN)C(=O)c1cc(F)cc(F)c1. The molecule has 1 aromatic rings. The molecule has 0 aliphatic rings. The Balaban J connectivity index is 3.00. The lowest BCUT2D eigenvalue weighted by Crippen LogP contribution is -2.23. The maximum atomic E-state index is 12.8. The van der Waals surface area contributed by atoms with Crippen molar-refractivity contribution in [2.45, 2.75) is 13.3 Å². The van der Waals surface area contributed by atoms with E-state index < -0.39 is 11.6 Å². The van der Waals surface area contributed by atoms with E-state index in [0.29, 0.717) is 6.42 Å². The summed E-state index contributed by atoms with van der Waals surface area (Å²) in [6, 6.07) is 2.80. The van der Waals surface area contributed by atoms with Gasteiger partial charge in [-0.05, 0) is 18.6 Å². The van der Waals surface area contributed by atoms with Crippen molar-refractivity contribution in [3.63, 3.8) is 0 Å². The average molecular weight is 213 g/mol. The van der Waals surface area contributed by atoms with Gasteiger partial charge < -0.3 is 5.73 Å². The number of ketones is 1. The van der Waals surface area contributed by atoms with Crippen molar-refractivity contribution >= 4 is 5.78 Å². The highest BCUT2D eigenvalue weighted by Gasteiger charge is 2.17. The third-order valence-electron chi connectivity index (χ3n) is 2.30. The van der Waals surface area contributed by atoms with E-state index in [1.54, 1.807) is 0 Å². The summed E-state index contributed by atoms with van der Waals surface area (Å²) in [6.07, 6.45) is 0.563. The molecule has 1 rings (SSSR count). The van der Waals surface area contributed by atoms with Crippen LogP contribution in [0.15, 0.2) is 18.2 Å². The summed E-state index contributed by atoms with van der Waals surface area (Å²) in [5.74, 6) is -2.17. The summed E-state index contributed by atoms with van der Waals surface area (Å²) in [7, 11) is 0. The predicted molar refractivity (Wildman–Crippen MR) is 53.5 cm³/mol.